The van der Waals surface area contributed by atoms with Gasteiger partial charge >= 0.3 is 0 Å². The first-order chi connectivity index (χ1) is 11.1. The normalized spacial score (nSPS) is 10.7. The zero-order valence-corrected chi connectivity index (χ0v) is 14.1. The zero-order valence-electron chi connectivity index (χ0n) is 12.5. The van der Waals surface area contributed by atoms with Gasteiger partial charge in [0.2, 0.25) is 0 Å². The number of hydrogen-bond donors (Lipinski definition) is 0. The molecular formula is C17H15Cl2N3O. The third kappa shape index (κ3) is 3.84. The summed E-state index contributed by atoms with van der Waals surface area (Å²) in [7, 11) is 0. The Labute approximate surface area is 144 Å². The minimum atomic E-state index is 0.435. The first-order valence-corrected chi connectivity index (χ1v) is 7.94. The van der Waals surface area contributed by atoms with E-state index in [1.165, 1.54) is 0 Å². The van der Waals surface area contributed by atoms with Crippen LogP contribution < -0.4 is 4.74 Å². The number of halogens is 2. The van der Waals surface area contributed by atoms with E-state index in [-0.39, 0.29) is 0 Å². The molecule has 1 aromatic heterocycles. The van der Waals surface area contributed by atoms with Crippen molar-refractivity contribution in [2.75, 3.05) is 6.61 Å². The molecule has 0 fully saturated rings. The Morgan fingerprint density at radius 2 is 1.87 bits per heavy atom. The quantitative estimate of drug-likeness (QED) is 0.674. The molecule has 0 atom stereocenters. The first-order valence-electron chi connectivity index (χ1n) is 7.18. The van der Waals surface area contributed by atoms with Crippen LogP contribution in [0.5, 0.6) is 5.75 Å². The van der Waals surface area contributed by atoms with E-state index in [1.54, 1.807) is 18.2 Å². The molecule has 6 heteroatoms. The highest BCUT2D eigenvalue weighted by Crippen LogP contribution is 2.27. The molecule has 0 aliphatic heterocycles. The lowest BCUT2D eigenvalue weighted by Crippen LogP contribution is -2.11. The zero-order chi connectivity index (χ0) is 16.2. The van der Waals surface area contributed by atoms with E-state index in [0.29, 0.717) is 28.9 Å². The van der Waals surface area contributed by atoms with Crippen LogP contribution in [0.4, 0.5) is 0 Å². The predicted molar refractivity (Wildman–Crippen MR) is 92.2 cm³/mol. The van der Waals surface area contributed by atoms with Gasteiger partial charge in [-0.05, 0) is 25.1 Å². The Balaban J connectivity index is 1.71. The molecule has 1 heterocycles. The molecule has 0 saturated heterocycles. The van der Waals surface area contributed by atoms with Crippen molar-refractivity contribution in [1.82, 2.24) is 14.8 Å². The van der Waals surface area contributed by atoms with Gasteiger partial charge in [0.25, 0.3) is 0 Å². The Bertz CT molecular complexity index is 803. The number of hydrogen-bond acceptors (Lipinski definition) is 3. The van der Waals surface area contributed by atoms with Gasteiger partial charge in [0.15, 0.2) is 5.82 Å². The van der Waals surface area contributed by atoms with Crippen LogP contribution in [-0.2, 0) is 6.54 Å². The minimum absolute atomic E-state index is 0.435. The second kappa shape index (κ2) is 7.02. The van der Waals surface area contributed by atoms with Gasteiger partial charge in [-0.1, -0.05) is 53.5 Å². The van der Waals surface area contributed by atoms with E-state index in [2.05, 4.69) is 10.1 Å². The van der Waals surface area contributed by atoms with Crippen LogP contribution in [0.3, 0.4) is 0 Å². The topological polar surface area (TPSA) is 39.9 Å². The van der Waals surface area contributed by atoms with Crippen molar-refractivity contribution in [1.29, 1.82) is 0 Å². The van der Waals surface area contributed by atoms with Crippen molar-refractivity contribution in [3.05, 3.63) is 64.4 Å². The van der Waals surface area contributed by atoms with E-state index in [9.17, 15) is 0 Å². The average molecular weight is 348 g/mol. The lowest BCUT2D eigenvalue weighted by atomic mass is 10.2. The molecule has 0 amide bonds. The van der Waals surface area contributed by atoms with E-state index in [0.717, 1.165) is 17.2 Å². The van der Waals surface area contributed by atoms with E-state index in [1.807, 2.05) is 41.9 Å². The number of ether oxygens (including phenoxy) is 1. The van der Waals surface area contributed by atoms with Crippen LogP contribution in [0.25, 0.3) is 11.4 Å². The Morgan fingerprint density at radius 1 is 1.09 bits per heavy atom. The molecule has 0 aliphatic rings. The molecular weight excluding hydrogens is 333 g/mol. The van der Waals surface area contributed by atoms with Crippen molar-refractivity contribution in [3.63, 3.8) is 0 Å². The lowest BCUT2D eigenvalue weighted by Gasteiger charge is -2.09. The minimum Gasteiger partial charge on any atom is -0.490 e. The fraction of sp³-hybridized carbons (Fsp3) is 0.176. The van der Waals surface area contributed by atoms with E-state index >= 15 is 0 Å². The van der Waals surface area contributed by atoms with Gasteiger partial charge in [0.05, 0.1) is 11.6 Å². The number of nitrogens with zero attached hydrogens (tertiary/aromatic N) is 3. The van der Waals surface area contributed by atoms with Crippen molar-refractivity contribution in [2.45, 2.75) is 13.5 Å². The van der Waals surface area contributed by atoms with Gasteiger partial charge in [0.1, 0.15) is 18.2 Å². The molecule has 0 bridgehead atoms. The second-order valence-electron chi connectivity index (χ2n) is 4.99. The summed E-state index contributed by atoms with van der Waals surface area (Å²) in [5, 5.41) is 5.51. The molecule has 23 heavy (non-hydrogen) atoms. The van der Waals surface area contributed by atoms with E-state index in [4.69, 9.17) is 27.9 Å². The summed E-state index contributed by atoms with van der Waals surface area (Å²) in [6.45, 7) is 2.88. The molecule has 0 saturated carbocycles. The molecule has 0 spiro atoms. The summed E-state index contributed by atoms with van der Waals surface area (Å²) >= 11 is 12.0. The standard InChI is InChI=1S/C17H15Cl2N3O/c1-12-20-17(13-5-3-2-4-6-13)22(21-12)9-10-23-16-8-7-14(18)11-15(16)19/h2-8,11H,9-10H2,1H3. The van der Waals surface area contributed by atoms with Crippen molar-refractivity contribution < 1.29 is 4.74 Å². The highest BCUT2D eigenvalue weighted by Gasteiger charge is 2.10. The third-order valence-electron chi connectivity index (χ3n) is 3.26. The third-order valence-corrected chi connectivity index (χ3v) is 3.79. The fourth-order valence-corrected chi connectivity index (χ4v) is 2.71. The monoisotopic (exact) mass is 347 g/mol. The number of rotatable bonds is 5. The maximum absolute atomic E-state index is 6.10. The van der Waals surface area contributed by atoms with Gasteiger partial charge in [-0.3, -0.25) is 0 Å². The molecule has 0 N–H and O–H groups in total. The number of benzene rings is 2. The molecule has 118 valence electrons. The van der Waals surface area contributed by atoms with Crippen LogP contribution in [0.2, 0.25) is 10.0 Å². The van der Waals surface area contributed by atoms with Gasteiger partial charge in [-0.15, -0.1) is 0 Å². The van der Waals surface area contributed by atoms with Crippen LogP contribution in [-0.4, -0.2) is 21.4 Å². The lowest BCUT2D eigenvalue weighted by molar-refractivity contribution is 0.292. The van der Waals surface area contributed by atoms with Crippen LogP contribution in [0, 0.1) is 6.92 Å². The van der Waals surface area contributed by atoms with Crippen LogP contribution >= 0.6 is 23.2 Å². The Morgan fingerprint density at radius 3 is 2.61 bits per heavy atom. The number of aryl methyl sites for hydroxylation is 1. The molecule has 3 rings (SSSR count). The summed E-state index contributed by atoms with van der Waals surface area (Å²) in [5.74, 6) is 2.16. The van der Waals surface area contributed by atoms with E-state index < -0.39 is 0 Å². The highest BCUT2D eigenvalue weighted by atomic mass is 35.5. The molecule has 4 nitrogen and oxygen atoms in total. The summed E-state index contributed by atoms with van der Waals surface area (Å²) in [6.07, 6.45) is 0. The highest BCUT2D eigenvalue weighted by molar-refractivity contribution is 6.35. The largest absolute Gasteiger partial charge is 0.490 e. The summed E-state index contributed by atoms with van der Waals surface area (Å²) in [4.78, 5) is 4.49. The van der Waals surface area contributed by atoms with Crippen LogP contribution in [0.15, 0.2) is 48.5 Å². The maximum Gasteiger partial charge on any atom is 0.158 e. The van der Waals surface area contributed by atoms with Crippen LogP contribution in [0.1, 0.15) is 5.82 Å². The smallest absolute Gasteiger partial charge is 0.158 e. The first kappa shape index (κ1) is 15.8. The summed E-state index contributed by atoms with van der Waals surface area (Å²) < 4.78 is 7.56. The SMILES string of the molecule is Cc1nc(-c2ccccc2)n(CCOc2ccc(Cl)cc2Cl)n1. The summed E-state index contributed by atoms with van der Waals surface area (Å²) in [5.41, 5.74) is 1.03. The maximum atomic E-state index is 6.10. The molecule has 0 aliphatic carbocycles. The van der Waals surface area contributed by atoms with Gasteiger partial charge in [-0.25, -0.2) is 9.67 Å². The van der Waals surface area contributed by atoms with Gasteiger partial charge in [-0.2, -0.15) is 5.10 Å². The van der Waals surface area contributed by atoms with Gasteiger partial charge < -0.3 is 4.74 Å². The second-order valence-corrected chi connectivity index (χ2v) is 5.84. The molecule has 2 aromatic carbocycles. The van der Waals surface area contributed by atoms with Crippen molar-refractivity contribution in [2.24, 2.45) is 0 Å². The average Bonchev–Trinajstić information content (AvgIpc) is 2.91. The Hall–Kier alpha value is -2.04. The molecule has 0 radical (unpaired) electrons. The van der Waals surface area contributed by atoms with Gasteiger partial charge in [0, 0.05) is 10.6 Å². The Kier molecular flexibility index (Phi) is 4.84. The number of aromatic nitrogens is 3. The fourth-order valence-electron chi connectivity index (χ4n) is 2.25. The van der Waals surface area contributed by atoms with Crippen molar-refractivity contribution >= 4 is 23.2 Å². The molecule has 0 unspecified atom stereocenters. The summed E-state index contributed by atoms with van der Waals surface area (Å²) in [6, 6.07) is 15.1. The van der Waals surface area contributed by atoms with Crippen molar-refractivity contribution in [3.8, 4) is 17.1 Å². The molecule has 3 aromatic rings. The predicted octanol–water partition coefficient (Wildman–Crippen LogP) is 4.64.